The minimum Gasteiger partial charge on any atom is -0.820 e. The van der Waals surface area contributed by atoms with Crippen LogP contribution in [-0.2, 0) is 11.8 Å². The first-order valence-electron chi connectivity index (χ1n) is 3.19. The summed E-state index contributed by atoms with van der Waals surface area (Å²) in [5.41, 5.74) is 0.319. The van der Waals surface area contributed by atoms with Gasteiger partial charge in [-0.1, -0.05) is 27.7 Å². The van der Waals surface area contributed by atoms with E-state index < -0.39 is 6.26 Å². The maximum absolute atomic E-state index is 11.4. The number of rotatable bonds is 2. The fraction of sp³-hybridized carbons (Fsp3) is 1.00. The van der Waals surface area contributed by atoms with Crippen molar-refractivity contribution >= 4 is 18.1 Å². The van der Waals surface area contributed by atoms with Gasteiger partial charge in [-0.3, -0.25) is 0 Å². The van der Waals surface area contributed by atoms with Gasteiger partial charge in [-0.05, 0) is 11.3 Å². The molecule has 1 nitrogen and oxygen atoms in total. The second-order valence-corrected chi connectivity index (χ2v) is 7.90. The van der Waals surface area contributed by atoms with Crippen molar-refractivity contribution in [3.05, 3.63) is 0 Å². The van der Waals surface area contributed by atoms with Crippen LogP contribution in [0.2, 0.25) is 0 Å². The molecule has 0 rings (SSSR count). The number of hydrogen-bond donors (Lipinski definition) is 0. The van der Waals surface area contributed by atoms with E-state index in [1.54, 1.807) is 0 Å². The third kappa shape index (κ3) is 4.32. The normalized spacial score (nSPS) is 11.9. The Kier molecular flexibility index (Phi) is 8.58. The van der Waals surface area contributed by atoms with Gasteiger partial charge in [0.1, 0.15) is 0 Å². The minimum atomic E-state index is -2.25. The van der Waals surface area contributed by atoms with Crippen LogP contribution in [0, 0.1) is 0 Å². The standard InChI is InChI=1S/C6H15OPS.K/c1-5(2)8(7,9)6(3)4;/h5-6H,1-4H3,(H,7,9);/q;+1/p-1. The summed E-state index contributed by atoms with van der Waals surface area (Å²) in [5.74, 6) is 0. The van der Waals surface area contributed by atoms with Gasteiger partial charge in [-0.25, -0.2) is 0 Å². The quantitative estimate of drug-likeness (QED) is 0.406. The van der Waals surface area contributed by atoms with E-state index in [2.05, 4.69) is 0 Å². The molecule has 0 atom stereocenters. The predicted octanol–water partition coefficient (Wildman–Crippen LogP) is -1.44. The molecule has 0 aliphatic rings. The summed E-state index contributed by atoms with van der Waals surface area (Å²) in [4.78, 5) is 11.4. The molecule has 0 unspecified atom stereocenters. The first kappa shape index (κ1) is 14.8. The third-order valence-electron chi connectivity index (χ3n) is 1.44. The molecule has 0 aromatic rings. The molecule has 0 fully saturated rings. The molecule has 56 valence electrons. The minimum absolute atomic E-state index is 0. The van der Waals surface area contributed by atoms with Crippen LogP contribution in [-0.4, -0.2) is 11.3 Å². The Bertz CT molecular complexity index is 124. The van der Waals surface area contributed by atoms with E-state index in [4.69, 9.17) is 11.8 Å². The number of hydrogen-bond acceptors (Lipinski definition) is 2. The summed E-state index contributed by atoms with van der Waals surface area (Å²) in [5, 5.41) is 0. The Labute approximate surface area is 111 Å². The Balaban J connectivity index is 0. The molecule has 0 aromatic carbocycles. The van der Waals surface area contributed by atoms with Crippen LogP contribution in [0.1, 0.15) is 27.7 Å². The molecule has 0 saturated heterocycles. The second-order valence-electron chi connectivity index (χ2n) is 2.83. The fourth-order valence-electron chi connectivity index (χ4n) is 0.596. The van der Waals surface area contributed by atoms with Gasteiger partial charge in [-0.15, -0.1) is 18.1 Å². The maximum atomic E-state index is 11.4. The molecule has 0 aliphatic heterocycles. The largest absolute Gasteiger partial charge is 1.00 e. The fourth-order valence-corrected chi connectivity index (χ4v) is 1.79. The summed E-state index contributed by atoms with van der Waals surface area (Å²) in [6.07, 6.45) is -2.25. The van der Waals surface area contributed by atoms with Crippen molar-refractivity contribution in [2.45, 2.75) is 39.0 Å². The molecule has 10 heavy (non-hydrogen) atoms. The SMILES string of the molecule is CC(C)P([O-])(=S)C(C)C.[K+]. The first-order chi connectivity index (χ1) is 3.89. The molecule has 4 heteroatoms. The Hall–Kier alpha value is 2.25. The van der Waals surface area contributed by atoms with E-state index >= 15 is 0 Å². The van der Waals surface area contributed by atoms with Crippen molar-refractivity contribution in [3.8, 4) is 0 Å². The van der Waals surface area contributed by atoms with Crippen LogP contribution >= 0.6 is 6.26 Å². The molecule has 0 aliphatic carbocycles. The molecule has 0 N–H and O–H groups in total. The molecular formula is C6H14KOPS. The summed E-state index contributed by atoms with van der Waals surface area (Å²) < 4.78 is 0. The molecule has 0 bridgehead atoms. The van der Waals surface area contributed by atoms with E-state index in [1.165, 1.54) is 0 Å². The van der Waals surface area contributed by atoms with Crippen LogP contribution in [0.15, 0.2) is 0 Å². The summed E-state index contributed by atoms with van der Waals surface area (Å²) >= 11 is 4.95. The van der Waals surface area contributed by atoms with Crippen molar-refractivity contribution in [1.29, 1.82) is 0 Å². The monoisotopic (exact) mass is 204 g/mol. The summed E-state index contributed by atoms with van der Waals surface area (Å²) in [6.45, 7) is 7.70. The van der Waals surface area contributed by atoms with Crippen molar-refractivity contribution in [2.75, 3.05) is 0 Å². The predicted molar refractivity (Wildman–Crippen MR) is 44.6 cm³/mol. The molecule has 0 aromatic heterocycles. The van der Waals surface area contributed by atoms with E-state index in [1.807, 2.05) is 27.7 Å². The average Bonchev–Trinajstić information content (AvgIpc) is 1.65. The summed E-state index contributed by atoms with van der Waals surface area (Å²) in [6, 6.07) is 0. The topological polar surface area (TPSA) is 23.1 Å². The maximum Gasteiger partial charge on any atom is 1.00 e. The van der Waals surface area contributed by atoms with Crippen LogP contribution in [0.3, 0.4) is 0 Å². The molecule has 0 heterocycles. The van der Waals surface area contributed by atoms with Crippen molar-refractivity contribution in [2.24, 2.45) is 0 Å². The smallest absolute Gasteiger partial charge is 0.820 e. The van der Waals surface area contributed by atoms with Crippen LogP contribution in [0.5, 0.6) is 0 Å². The zero-order valence-electron chi connectivity index (χ0n) is 7.42. The first-order valence-corrected chi connectivity index (χ1v) is 6.05. The van der Waals surface area contributed by atoms with Gasteiger partial charge in [0, 0.05) is 0 Å². The Morgan fingerprint density at radius 1 is 1.10 bits per heavy atom. The molecule has 0 radical (unpaired) electrons. The Morgan fingerprint density at radius 3 is 1.30 bits per heavy atom. The van der Waals surface area contributed by atoms with Crippen LogP contribution < -0.4 is 56.3 Å². The molecule has 0 amide bonds. The zero-order valence-corrected chi connectivity index (χ0v) is 12.3. The second kappa shape index (κ2) is 5.82. The van der Waals surface area contributed by atoms with Crippen molar-refractivity contribution in [1.82, 2.24) is 0 Å². The van der Waals surface area contributed by atoms with Gasteiger partial charge in [0.2, 0.25) is 0 Å². The van der Waals surface area contributed by atoms with Gasteiger partial charge in [-0.2, -0.15) is 0 Å². The molecular weight excluding hydrogens is 190 g/mol. The van der Waals surface area contributed by atoms with Gasteiger partial charge in [0.05, 0.1) is 0 Å². The van der Waals surface area contributed by atoms with E-state index in [9.17, 15) is 4.89 Å². The zero-order chi connectivity index (χ0) is 7.65. The van der Waals surface area contributed by atoms with Gasteiger partial charge >= 0.3 is 51.4 Å². The Morgan fingerprint density at radius 2 is 1.30 bits per heavy atom. The average molecular weight is 204 g/mol. The molecule has 0 saturated carbocycles. The van der Waals surface area contributed by atoms with E-state index in [-0.39, 0.29) is 62.7 Å². The van der Waals surface area contributed by atoms with Crippen LogP contribution in [0.25, 0.3) is 0 Å². The van der Waals surface area contributed by atoms with Crippen molar-refractivity contribution in [3.63, 3.8) is 0 Å². The van der Waals surface area contributed by atoms with E-state index in [0.717, 1.165) is 0 Å². The van der Waals surface area contributed by atoms with Crippen LogP contribution in [0.4, 0.5) is 0 Å². The van der Waals surface area contributed by atoms with Gasteiger partial charge in [0.15, 0.2) is 0 Å². The third-order valence-corrected chi connectivity index (χ3v) is 6.85. The summed E-state index contributed by atoms with van der Waals surface area (Å²) in [7, 11) is 0. The van der Waals surface area contributed by atoms with Gasteiger partial charge < -0.3 is 4.89 Å². The van der Waals surface area contributed by atoms with Crippen molar-refractivity contribution < 1.29 is 56.3 Å². The van der Waals surface area contributed by atoms with Gasteiger partial charge in [0.25, 0.3) is 0 Å². The van der Waals surface area contributed by atoms with E-state index in [0.29, 0.717) is 0 Å². The molecule has 0 spiro atoms.